The van der Waals surface area contributed by atoms with E-state index in [-0.39, 0.29) is 30.8 Å². The Morgan fingerprint density at radius 1 is 1.50 bits per heavy atom. The van der Waals surface area contributed by atoms with Crippen LogP contribution >= 0.6 is 0 Å². The second-order valence-electron chi connectivity index (χ2n) is 6.36. The Morgan fingerprint density at radius 3 is 2.61 bits per heavy atom. The van der Waals surface area contributed by atoms with Gasteiger partial charge in [0.05, 0.1) is 23.9 Å². The van der Waals surface area contributed by atoms with Crippen LogP contribution in [0.2, 0.25) is 0 Å². The fourth-order valence-electron chi connectivity index (χ4n) is 1.95. The second-order valence-corrected chi connectivity index (χ2v) is 6.36. The van der Waals surface area contributed by atoms with Gasteiger partial charge >= 0.3 is 0 Å². The van der Waals surface area contributed by atoms with Crippen LogP contribution in [-0.4, -0.2) is 59.5 Å². The van der Waals surface area contributed by atoms with Crippen molar-refractivity contribution < 1.29 is 19.4 Å². The summed E-state index contributed by atoms with van der Waals surface area (Å²) in [5.41, 5.74) is -0.753. The number of morpholine rings is 1. The SMILES string of the molecule is CC(C)(C)OCC(=O)N1CC(CO)OC(C)(C)C1. The number of hydrogen-bond donors (Lipinski definition) is 1. The Bertz CT molecular complexity index is 296. The first-order valence-corrected chi connectivity index (χ1v) is 6.33. The lowest BCUT2D eigenvalue weighted by Gasteiger charge is -2.42. The van der Waals surface area contributed by atoms with Crippen molar-refractivity contribution in [2.45, 2.75) is 51.9 Å². The molecular weight excluding hydrogens is 234 g/mol. The minimum Gasteiger partial charge on any atom is -0.394 e. The van der Waals surface area contributed by atoms with Crippen molar-refractivity contribution in [3.63, 3.8) is 0 Å². The molecule has 1 atom stereocenters. The number of rotatable bonds is 3. The monoisotopic (exact) mass is 259 g/mol. The van der Waals surface area contributed by atoms with Crippen LogP contribution in [0.1, 0.15) is 34.6 Å². The number of amides is 1. The van der Waals surface area contributed by atoms with Crippen LogP contribution in [0.5, 0.6) is 0 Å². The maximum atomic E-state index is 12.1. The first-order chi connectivity index (χ1) is 8.13. The number of carbonyl (C=O) groups excluding carboxylic acids is 1. The smallest absolute Gasteiger partial charge is 0.248 e. The van der Waals surface area contributed by atoms with Crippen LogP contribution in [0.15, 0.2) is 0 Å². The average molecular weight is 259 g/mol. The summed E-state index contributed by atoms with van der Waals surface area (Å²) in [5, 5.41) is 9.19. The van der Waals surface area contributed by atoms with Crippen molar-refractivity contribution in [3.8, 4) is 0 Å². The molecule has 0 bridgehead atoms. The predicted molar refractivity (Wildman–Crippen MR) is 68.3 cm³/mol. The maximum Gasteiger partial charge on any atom is 0.248 e. The summed E-state index contributed by atoms with van der Waals surface area (Å²) in [5.74, 6) is -0.0558. The molecule has 0 spiro atoms. The third-order valence-electron chi connectivity index (χ3n) is 2.67. The van der Waals surface area contributed by atoms with Crippen LogP contribution in [0.25, 0.3) is 0 Å². The van der Waals surface area contributed by atoms with Gasteiger partial charge in [0.15, 0.2) is 0 Å². The van der Waals surface area contributed by atoms with E-state index in [1.54, 1.807) is 4.90 Å². The molecule has 5 heteroatoms. The average Bonchev–Trinajstić information content (AvgIpc) is 2.22. The number of hydrogen-bond acceptors (Lipinski definition) is 4. The van der Waals surface area contributed by atoms with Gasteiger partial charge in [-0.3, -0.25) is 4.79 Å². The van der Waals surface area contributed by atoms with Gasteiger partial charge < -0.3 is 19.5 Å². The largest absolute Gasteiger partial charge is 0.394 e. The summed E-state index contributed by atoms with van der Waals surface area (Å²) in [6.07, 6.45) is -0.313. The first kappa shape index (κ1) is 15.4. The molecule has 0 aromatic rings. The molecule has 0 saturated carbocycles. The number of ether oxygens (including phenoxy) is 2. The van der Waals surface area contributed by atoms with E-state index in [9.17, 15) is 9.90 Å². The highest BCUT2D eigenvalue weighted by atomic mass is 16.5. The maximum absolute atomic E-state index is 12.1. The molecule has 1 aliphatic rings. The zero-order chi connectivity index (χ0) is 14.0. The van der Waals surface area contributed by atoms with Gasteiger partial charge in [-0.05, 0) is 34.6 Å². The van der Waals surface area contributed by atoms with E-state index in [4.69, 9.17) is 9.47 Å². The number of aliphatic hydroxyl groups excluding tert-OH is 1. The molecule has 0 radical (unpaired) electrons. The fourth-order valence-corrected chi connectivity index (χ4v) is 1.95. The summed E-state index contributed by atoms with van der Waals surface area (Å²) in [6.45, 7) is 10.5. The van der Waals surface area contributed by atoms with Crippen molar-refractivity contribution in [1.82, 2.24) is 4.90 Å². The molecular formula is C13H25NO4. The molecule has 1 rings (SSSR count). The van der Waals surface area contributed by atoms with Crippen LogP contribution in [0.3, 0.4) is 0 Å². The Labute approximate surface area is 109 Å². The highest BCUT2D eigenvalue weighted by Crippen LogP contribution is 2.21. The molecule has 1 saturated heterocycles. The van der Waals surface area contributed by atoms with E-state index in [0.717, 1.165) is 0 Å². The molecule has 0 aromatic carbocycles. The van der Waals surface area contributed by atoms with Crippen molar-refractivity contribution in [3.05, 3.63) is 0 Å². The number of nitrogens with zero attached hydrogens (tertiary/aromatic N) is 1. The van der Waals surface area contributed by atoms with Crippen LogP contribution in [-0.2, 0) is 14.3 Å². The lowest BCUT2D eigenvalue weighted by Crippen LogP contribution is -2.56. The Morgan fingerprint density at radius 2 is 2.11 bits per heavy atom. The minimum absolute atomic E-state index is 0.0558. The first-order valence-electron chi connectivity index (χ1n) is 6.33. The molecule has 0 aliphatic carbocycles. The van der Waals surface area contributed by atoms with E-state index in [0.29, 0.717) is 13.1 Å². The van der Waals surface area contributed by atoms with E-state index < -0.39 is 5.60 Å². The van der Waals surface area contributed by atoms with Gasteiger partial charge in [0.2, 0.25) is 5.91 Å². The number of carbonyl (C=O) groups is 1. The van der Waals surface area contributed by atoms with Crippen molar-refractivity contribution >= 4 is 5.91 Å². The Balaban J connectivity index is 2.56. The number of aliphatic hydroxyl groups is 1. The summed E-state index contributed by atoms with van der Waals surface area (Å²) < 4.78 is 11.2. The van der Waals surface area contributed by atoms with Crippen molar-refractivity contribution in [2.75, 3.05) is 26.3 Å². The van der Waals surface area contributed by atoms with Crippen LogP contribution in [0, 0.1) is 0 Å². The Kier molecular flexibility index (Phi) is 4.75. The third kappa shape index (κ3) is 4.92. The quantitative estimate of drug-likeness (QED) is 0.814. The van der Waals surface area contributed by atoms with E-state index >= 15 is 0 Å². The van der Waals surface area contributed by atoms with E-state index in [2.05, 4.69) is 0 Å². The van der Waals surface area contributed by atoms with E-state index in [1.807, 2.05) is 34.6 Å². The predicted octanol–water partition coefficient (Wildman–Crippen LogP) is 0.800. The van der Waals surface area contributed by atoms with Gasteiger partial charge in [-0.25, -0.2) is 0 Å². The summed E-state index contributed by atoms with van der Waals surface area (Å²) in [6, 6.07) is 0. The molecule has 1 fully saturated rings. The van der Waals surface area contributed by atoms with Crippen LogP contribution < -0.4 is 0 Å². The topological polar surface area (TPSA) is 59.0 Å². The van der Waals surface area contributed by atoms with Gasteiger partial charge in [-0.1, -0.05) is 0 Å². The summed E-state index contributed by atoms with van der Waals surface area (Å²) >= 11 is 0. The zero-order valence-electron chi connectivity index (χ0n) is 12.0. The lowest BCUT2D eigenvalue weighted by molar-refractivity contribution is -0.172. The van der Waals surface area contributed by atoms with Crippen molar-refractivity contribution in [1.29, 1.82) is 0 Å². The normalized spacial score (nSPS) is 24.1. The molecule has 0 aromatic heterocycles. The molecule has 5 nitrogen and oxygen atoms in total. The fraction of sp³-hybridized carbons (Fsp3) is 0.923. The van der Waals surface area contributed by atoms with Gasteiger partial charge in [-0.2, -0.15) is 0 Å². The van der Waals surface area contributed by atoms with Gasteiger partial charge in [-0.15, -0.1) is 0 Å². The molecule has 1 unspecified atom stereocenters. The van der Waals surface area contributed by atoms with Gasteiger partial charge in [0.25, 0.3) is 0 Å². The molecule has 18 heavy (non-hydrogen) atoms. The molecule has 1 aliphatic heterocycles. The molecule has 1 heterocycles. The minimum atomic E-state index is -0.428. The molecule has 106 valence electrons. The summed E-state index contributed by atoms with van der Waals surface area (Å²) in [4.78, 5) is 13.8. The second kappa shape index (κ2) is 5.55. The highest BCUT2D eigenvalue weighted by molar-refractivity contribution is 5.77. The molecule has 1 amide bonds. The van der Waals surface area contributed by atoms with Crippen LogP contribution in [0.4, 0.5) is 0 Å². The molecule has 1 N–H and O–H groups in total. The van der Waals surface area contributed by atoms with Crippen molar-refractivity contribution in [2.24, 2.45) is 0 Å². The highest BCUT2D eigenvalue weighted by Gasteiger charge is 2.35. The van der Waals surface area contributed by atoms with Gasteiger partial charge in [0.1, 0.15) is 6.61 Å². The lowest BCUT2D eigenvalue weighted by atomic mass is 10.1. The Hall–Kier alpha value is -0.650. The third-order valence-corrected chi connectivity index (χ3v) is 2.67. The zero-order valence-corrected chi connectivity index (χ0v) is 12.0. The van der Waals surface area contributed by atoms with Gasteiger partial charge in [0, 0.05) is 13.1 Å². The van der Waals surface area contributed by atoms with E-state index in [1.165, 1.54) is 0 Å². The standard InChI is InChI=1S/C13H25NO4/c1-12(2,3)17-8-11(16)14-6-10(7-15)18-13(4,5)9-14/h10,15H,6-9H2,1-5H3. The summed E-state index contributed by atoms with van der Waals surface area (Å²) in [7, 11) is 0.